The molecular weight excluding hydrogens is 414 g/mol. The number of carbonyl (C=O) groups is 1. The normalized spacial score (nSPS) is 20.5. The maximum absolute atomic E-state index is 14.0. The number of hydrogen-bond donors (Lipinski definition) is 2. The predicted octanol–water partition coefficient (Wildman–Crippen LogP) is 4.15. The van der Waals surface area contributed by atoms with E-state index in [1.165, 1.54) is 5.56 Å². The number of nitrogens with one attached hydrogen (secondary N) is 2. The average Bonchev–Trinajstić information content (AvgIpc) is 3.46. The molecule has 1 atom stereocenters. The van der Waals surface area contributed by atoms with E-state index in [1.54, 1.807) is 0 Å². The minimum Gasteiger partial charge on any atom is -0.381 e. The number of hydrogen-bond acceptors (Lipinski definition) is 5. The van der Waals surface area contributed by atoms with Crippen molar-refractivity contribution in [1.29, 1.82) is 0 Å². The molecule has 174 valence electrons. The number of fused-ring (bicyclic) bond motifs is 1. The fourth-order valence-corrected chi connectivity index (χ4v) is 5.31. The van der Waals surface area contributed by atoms with E-state index in [-0.39, 0.29) is 11.8 Å². The van der Waals surface area contributed by atoms with Crippen molar-refractivity contribution < 1.29 is 9.53 Å². The summed E-state index contributed by atoms with van der Waals surface area (Å²) < 4.78 is 5.65. The summed E-state index contributed by atoms with van der Waals surface area (Å²) in [6.07, 6.45) is 2.40. The first kappa shape index (κ1) is 21.9. The van der Waals surface area contributed by atoms with Gasteiger partial charge in [0.2, 0.25) is 5.91 Å². The van der Waals surface area contributed by atoms with Crippen molar-refractivity contribution >= 4 is 22.8 Å². The van der Waals surface area contributed by atoms with Crippen LogP contribution in [-0.2, 0) is 14.9 Å². The van der Waals surface area contributed by atoms with Crippen LogP contribution in [-0.4, -0.2) is 58.3 Å². The summed E-state index contributed by atoms with van der Waals surface area (Å²) in [5.74, 6) is 1.31. The van der Waals surface area contributed by atoms with E-state index in [9.17, 15) is 4.79 Å². The largest absolute Gasteiger partial charge is 0.381 e. The summed E-state index contributed by atoms with van der Waals surface area (Å²) in [5.41, 5.74) is 3.64. The number of aromatic nitrogens is 3. The number of amides is 1. The Morgan fingerprint density at radius 1 is 1.24 bits per heavy atom. The van der Waals surface area contributed by atoms with Crippen LogP contribution < -0.4 is 5.32 Å². The molecule has 1 aromatic carbocycles. The summed E-state index contributed by atoms with van der Waals surface area (Å²) in [6.45, 7) is 9.00. The van der Waals surface area contributed by atoms with Crippen LogP contribution in [0.3, 0.4) is 0 Å². The zero-order valence-electron chi connectivity index (χ0n) is 19.7. The van der Waals surface area contributed by atoms with Gasteiger partial charge >= 0.3 is 0 Å². The van der Waals surface area contributed by atoms with E-state index in [0.29, 0.717) is 25.8 Å². The highest BCUT2D eigenvalue weighted by Gasteiger charge is 2.45. The molecular formula is C26H33N5O2. The molecule has 0 bridgehead atoms. The molecule has 2 aliphatic heterocycles. The molecule has 0 saturated carbocycles. The molecule has 0 unspecified atom stereocenters. The van der Waals surface area contributed by atoms with Gasteiger partial charge in [-0.05, 0) is 57.7 Å². The minimum absolute atomic E-state index is 0.234. The fourth-order valence-electron chi connectivity index (χ4n) is 5.31. The fraction of sp³-hybridized carbons (Fsp3) is 0.500. The number of rotatable bonds is 5. The second-order valence-electron chi connectivity index (χ2n) is 9.80. The van der Waals surface area contributed by atoms with Crippen LogP contribution in [0, 0.1) is 6.92 Å². The smallest absolute Gasteiger partial charge is 0.233 e. The van der Waals surface area contributed by atoms with E-state index in [0.717, 1.165) is 53.9 Å². The Morgan fingerprint density at radius 3 is 2.82 bits per heavy atom. The number of ether oxygens (including phenoxy) is 1. The van der Waals surface area contributed by atoms with E-state index in [1.807, 2.05) is 0 Å². The molecule has 2 saturated heterocycles. The quantitative estimate of drug-likeness (QED) is 0.614. The second kappa shape index (κ2) is 8.78. The van der Waals surface area contributed by atoms with E-state index >= 15 is 0 Å². The first-order valence-corrected chi connectivity index (χ1v) is 12.0. The first-order valence-electron chi connectivity index (χ1n) is 12.0. The molecule has 7 heteroatoms. The minimum atomic E-state index is -0.489. The highest BCUT2D eigenvalue weighted by atomic mass is 16.5. The maximum atomic E-state index is 14.0. The molecule has 0 aliphatic carbocycles. The molecule has 4 heterocycles. The molecule has 0 spiro atoms. The molecule has 0 radical (unpaired) electrons. The van der Waals surface area contributed by atoms with Gasteiger partial charge in [0, 0.05) is 44.0 Å². The van der Waals surface area contributed by atoms with E-state index < -0.39 is 5.41 Å². The lowest BCUT2D eigenvalue weighted by Crippen LogP contribution is -2.49. The van der Waals surface area contributed by atoms with Crippen LogP contribution in [0.15, 0.2) is 36.4 Å². The third kappa shape index (κ3) is 4.10. The second-order valence-corrected chi connectivity index (χ2v) is 9.80. The number of anilines is 1. The third-order valence-corrected chi connectivity index (χ3v) is 7.09. The molecule has 2 aliphatic rings. The number of benzene rings is 1. The van der Waals surface area contributed by atoms with Gasteiger partial charge in [-0.25, -0.2) is 4.98 Å². The van der Waals surface area contributed by atoms with Crippen molar-refractivity contribution in [3.05, 3.63) is 53.2 Å². The van der Waals surface area contributed by atoms with Crippen molar-refractivity contribution in [3.63, 3.8) is 0 Å². The Hall–Kier alpha value is -2.93. The Balaban J connectivity index is 1.37. The number of H-pyrrole nitrogens is 1. The van der Waals surface area contributed by atoms with E-state index in [4.69, 9.17) is 9.72 Å². The standard InChI is InChI=1S/C26H33N5O2/c1-17(2)27-23-21-7-8-22(28-24(21)30-29-23)19-9-12-31(16-19)25(32)26(10-13-33-14-11-26)20-6-4-5-18(3)15-20/h4-8,15,17,19H,9-14,16H2,1-3H3,(H2,27,28,29,30)/t19-/m1/s1. The van der Waals surface area contributed by atoms with Crippen LogP contribution in [0.25, 0.3) is 11.0 Å². The van der Waals surface area contributed by atoms with Crippen LogP contribution in [0.5, 0.6) is 0 Å². The summed E-state index contributed by atoms with van der Waals surface area (Å²) in [6, 6.07) is 12.9. The molecule has 5 rings (SSSR count). The van der Waals surface area contributed by atoms with Gasteiger partial charge in [0.1, 0.15) is 0 Å². The van der Waals surface area contributed by atoms with Gasteiger partial charge in [0.05, 0.1) is 10.8 Å². The lowest BCUT2D eigenvalue weighted by molar-refractivity contribution is -0.140. The van der Waals surface area contributed by atoms with Gasteiger partial charge in [-0.1, -0.05) is 29.8 Å². The van der Waals surface area contributed by atoms with Gasteiger partial charge < -0.3 is 15.0 Å². The third-order valence-electron chi connectivity index (χ3n) is 7.09. The molecule has 3 aromatic rings. The number of aromatic amines is 1. The van der Waals surface area contributed by atoms with Gasteiger partial charge in [-0.2, -0.15) is 5.10 Å². The van der Waals surface area contributed by atoms with Crippen LogP contribution in [0.4, 0.5) is 5.82 Å². The highest BCUT2D eigenvalue weighted by Crippen LogP contribution is 2.39. The summed E-state index contributed by atoms with van der Waals surface area (Å²) in [7, 11) is 0. The van der Waals surface area contributed by atoms with Gasteiger partial charge in [0.15, 0.2) is 11.5 Å². The molecule has 2 N–H and O–H groups in total. The van der Waals surface area contributed by atoms with Gasteiger partial charge in [-0.15, -0.1) is 0 Å². The van der Waals surface area contributed by atoms with Gasteiger partial charge in [0.25, 0.3) is 0 Å². The molecule has 2 fully saturated rings. The Labute approximate surface area is 194 Å². The summed E-state index contributed by atoms with van der Waals surface area (Å²) in [4.78, 5) is 20.9. The number of pyridine rings is 1. The average molecular weight is 448 g/mol. The van der Waals surface area contributed by atoms with Crippen LogP contribution in [0.2, 0.25) is 0 Å². The number of carbonyl (C=O) groups excluding carboxylic acids is 1. The maximum Gasteiger partial charge on any atom is 0.233 e. The zero-order chi connectivity index (χ0) is 23.0. The topological polar surface area (TPSA) is 83.1 Å². The first-order chi connectivity index (χ1) is 16.0. The predicted molar refractivity (Wildman–Crippen MR) is 129 cm³/mol. The van der Waals surface area contributed by atoms with Crippen molar-refractivity contribution in [3.8, 4) is 0 Å². The van der Waals surface area contributed by atoms with Crippen LogP contribution in [0.1, 0.15) is 55.8 Å². The summed E-state index contributed by atoms with van der Waals surface area (Å²) >= 11 is 0. The number of likely N-dealkylation sites (tertiary alicyclic amines) is 1. The monoisotopic (exact) mass is 447 g/mol. The van der Waals surface area contributed by atoms with Crippen molar-refractivity contribution in [2.24, 2.45) is 0 Å². The number of aryl methyl sites for hydroxylation is 1. The van der Waals surface area contributed by atoms with Crippen molar-refractivity contribution in [1.82, 2.24) is 20.1 Å². The Morgan fingerprint density at radius 2 is 2.06 bits per heavy atom. The van der Waals surface area contributed by atoms with Crippen molar-refractivity contribution in [2.75, 3.05) is 31.6 Å². The van der Waals surface area contributed by atoms with E-state index in [2.05, 4.69) is 77.6 Å². The summed E-state index contributed by atoms with van der Waals surface area (Å²) in [5, 5.41) is 11.8. The molecule has 2 aromatic heterocycles. The Kier molecular flexibility index (Phi) is 5.83. The lowest BCUT2D eigenvalue weighted by atomic mass is 9.72. The highest BCUT2D eigenvalue weighted by molar-refractivity contribution is 5.89. The molecule has 7 nitrogen and oxygen atoms in total. The SMILES string of the molecule is Cc1cccc(C2(C(=O)N3CC[C@@H](c4ccc5c(NC(C)C)n[nH]c5n4)C3)CCOCC2)c1. The lowest BCUT2D eigenvalue weighted by Gasteiger charge is -2.39. The van der Waals surface area contributed by atoms with Gasteiger partial charge in [-0.3, -0.25) is 9.89 Å². The van der Waals surface area contributed by atoms with Crippen molar-refractivity contribution in [2.45, 2.75) is 57.4 Å². The zero-order valence-corrected chi connectivity index (χ0v) is 19.7. The van der Waals surface area contributed by atoms with Crippen LogP contribution >= 0.6 is 0 Å². The molecule has 1 amide bonds. The number of nitrogens with zero attached hydrogens (tertiary/aromatic N) is 3. The molecule has 33 heavy (non-hydrogen) atoms. The Bertz CT molecular complexity index is 1150.